The SMILES string of the molecule is CN(C)C(=O)C1CCN(C(=O)c2ccc(N)cc2Cl)CC1. The lowest BCUT2D eigenvalue weighted by molar-refractivity contribution is -0.134. The van der Waals surface area contributed by atoms with Crippen molar-refractivity contribution >= 4 is 29.1 Å². The van der Waals surface area contributed by atoms with Crippen LogP contribution in [0.3, 0.4) is 0 Å². The maximum absolute atomic E-state index is 12.4. The third-order valence-electron chi connectivity index (χ3n) is 3.80. The predicted octanol–water partition coefficient (Wildman–Crippen LogP) is 1.86. The first-order chi connectivity index (χ1) is 9.90. The molecule has 21 heavy (non-hydrogen) atoms. The van der Waals surface area contributed by atoms with E-state index >= 15 is 0 Å². The summed E-state index contributed by atoms with van der Waals surface area (Å²) in [5.74, 6) is 0.0364. The summed E-state index contributed by atoms with van der Waals surface area (Å²) >= 11 is 6.08. The lowest BCUT2D eigenvalue weighted by atomic mass is 9.95. The molecule has 1 aromatic carbocycles. The van der Waals surface area contributed by atoms with Crippen molar-refractivity contribution in [1.29, 1.82) is 0 Å². The van der Waals surface area contributed by atoms with Gasteiger partial charge in [0, 0.05) is 38.8 Å². The van der Waals surface area contributed by atoms with Crippen molar-refractivity contribution in [3.63, 3.8) is 0 Å². The molecule has 5 nitrogen and oxygen atoms in total. The van der Waals surface area contributed by atoms with E-state index in [-0.39, 0.29) is 17.7 Å². The normalized spacial score (nSPS) is 15.9. The number of carbonyl (C=O) groups excluding carboxylic acids is 2. The molecule has 0 atom stereocenters. The van der Waals surface area contributed by atoms with Crippen LogP contribution in [0.1, 0.15) is 23.2 Å². The highest BCUT2D eigenvalue weighted by molar-refractivity contribution is 6.34. The topological polar surface area (TPSA) is 66.6 Å². The zero-order chi connectivity index (χ0) is 15.6. The minimum absolute atomic E-state index is 0.00550. The fourth-order valence-corrected chi connectivity index (χ4v) is 2.84. The predicted molar refractivity (Wildman–Crippen MR) is 83.2 cm³/mol. The van der Waals surface area contributed by atoms with Crippen molar-refractivity contribution in [2.45, 2.75) is 12.8 Å². The molecule has 0 aliphatic carbocycles. The Balaban J connectivity index is 2.02. The van der Waals surface area contributed by atoms with E-state index in [1.54, 1.807) is 42.1 Å². The average Bonchev–Trinajstić information content (AvgIpc) is 2.46. The third-order valence-corrected chi connectivity index (χ3v) is 4.11. The minimum Gasteiger partial charge on any atom is -0.399 e. The number of nitrogens with zero attached hydrogens (tertiary/aromatic N) is 2. The van der Waals surface area contributed by atoms with Gasteiger partial charge in [0.05, 0.1) is 10.6 Å². The highest BCUT2D eigenvalue weighted by atomic mass is 35.5. The molecule has 1 aliphatic rings. The first-order valence-corrected chi connectivity index (χ1v) is 7.33. The number of nitrogens with two attached hydrogens (primary N) is 1. The highest BCUT2D eigenvalue weighted by Gasteiger charge is 2.29. The first kappa shape index (κ1) is 15.6. The molecule has 1 heterocycles. The summed E-state index contributed by atoms with van der Waals surface area (Å²) < 4.78 is 0. The highest BCUT2D eigenvalue weighted by Crippen LogP contribution is 2.24. The molecule has 1 aromatic rings. The molecular weight excluding hydrogens is 290 g/mol. The maximum Gasteiger partial charge on any atom is 0.255 e. The summed E-state index contributed by atoms with van der Waals surface area (Å²) in [6.45, 7) is 1.15. The van der Waals surface area contributed by atoms with Gasteiger partial charge in [-0.05, 0) is 31.0 Å². The second-order valence-corrected chi connectivity index (χ2v) is 5.95. The number of hydrogen-bond acceptors (Lipinski definition) is 3. The molecule has 0 saturated carbocycles. The fraction of sp³-hybridized carbons (Fsp3) is 0.467. The minimum atomic E-state index is -0.101. The smallest absolute Gasteiger partial charge is 0.255 e. The Morgan fingerprint density at radius 3 is 2.43 bits per heavy atom. The summed E-state index contributed by atoms with van der Waals surface area (Å²) in [4.78, 5) is 27.7. The molecular formula is C15H20ClN3O2. The van der Waals surface area contributed by atoms with E-state index in [1.165, 1.54) is 0 Å². The second kappa shape index (κ2) is 6.35. The number of nitrogen functional groups attached to an aromatic ring is 1. The van der Waals surface area contributed by atoms with Gasteiger partial charge in [-0.15, -0.1) is 0 Å². The van der Waals surface area contributed by atoms with Gasteiger partial charge in [0.2, 0.25) is 5.91 Å². The van der Waals surface area contributed by atoms with Crippen LogP contribution in [-0.2, 0) is 4.79 Å². The molecule has 0 unspecified atom stereocenters. The van der Waals surface area contributed by atoms with Gasteiger partial charge in [-0.1, -0.05) is 11.6 Å². The second-order valence-electron chi connectivity index (χ2n) is 5.54. The molecule has 2 rings (SSSR count). The number of anilines is 1. The van der Waals surface area contributed by atoms with E-state index in [0.29, 0.717) is 42.2 Å². The number of hydrogen-bond donors (Lipinski definition) is 1. The Labute approximate surface area is 129 Å². The number of benzene rings is 1. The van der Waals surface area contributed by atoms with Crippen LogP contribution in [0.2, 0.25) is 5.02 Å². The van der Waals surface area contributed by atoms with Crippen LogP contribution in [0.4, 0.5) is 5.69 Å². The Bertz CT molecular complexity index is 552. The van der Waals surface area contributed by atoms with Gasteiger partial charge < -0.3 is 15.5 Å². The Kier molecular flexibility index (Phi) is 4.73. The standard InChI is InChI=1S/C15H20ClN3O2/c1-18(2)14(20)10-5-7-19(8-6-10)15(21)12-4-3-11(17)9-13(12)16/h3-4,9-10H,5-8,17H2,1-2H3. The van der Waals surface area contributed by atoms with Crippen LogP contribution in [0.25, 0.3) is 0 Å². The number of carbonyl (C=O) groups is 2. The summed E-state index contributed by atoms with van der Waals surface area (Å²) in [7, 11) is 3.52. The van der Waals surface area contributed by atoms with E-state index in [9.17, 15) is 9.59 Å². The first-order valence-electron chi connectivity index (χ1n) is 6.95. The zero-order valence-corrected chi connectivity index (χ0v) is 13.1. The molecule has 0 bridgehead atoms. The lowest BCUT2D eigenvalue weighted by Gasteiger charge is -2.32. The van der Waals surface area contributed by atoms with Crippen molar-refractivity contribution in [3.8, 4) is 0 Å². The molecule has 0 spiro atoms. The van der Waals surface area contributed by atoms with Gasteiger partial charge in [-0.2, -0.15) is 0 Å². The Morgan fingerprint density at radius 1 is 1.29 bits per heavy atom. The van der Waals surface area contributed by atoms with Gasteiger partial charge in [0.25, 0.3) is 5.91 Å². The van der Waals surface area contributed by atoms with E-state index in [1.807, 2.05) is 0 Å². The molecule has 0 aromatic heterocycles. The summed E-state index contributed by atoms with van der Waals surface area (Å²) in [6, 6.07) is 4.90. The molecule has 2 amide bonds. The average molecular weight is 310 g/mol. The molecule has 114 valence electrons. The summed E-state index contributed by atoms with van der Waals surface area (Å²) in [5, 5.41) is 0.367. The van der Waals surface area contributed by atoms with Gasteiger partial charge >= 0.3 is 0 Å². The third kappa shape index (κ3) is 3.47. The van der Waals surface area contributed by atoms with E-state index in [0.717, 1.165) is 0 Å². The van der Waals surface area contributed by atoms with Gasteiger partial charge in [-0.3, -0.25) is 9.59 Å². The summed E-state index contributed by atoms with van der Waals surface area (Å²) in [6.07, 6.45) is 1.38. The number of rotatable bonds is 2. The van der Waals surface area contributed by atoms with Crippen LogP contribution in [-0.4, -0.2) is 48.8 Å². The molecule has 0 radical (unpaired) electrons. The molecule has 6 heteroatoms. The lowest BCUT2D eigenvalue weighted by Crippen LogP contribution is -2.42. The molecule has 1 fully saturated rings. The maximum atomic E-state index is 12.4. The fourth-order valence-electron chi connectivity index (χ4n) is 2.57. The summed E-state index contributed by atoms with van der Waals surface area (Å²) in [5.41, 5.74) is 6.63. The van der Waals surface area contributed by atoms with Crippen molar-refractivity contribution in [2.24, 2.45) is 5.92 Å². The quantitative estimate of drug-likeness (QED) is 0.848. The van der Waals surface area contributed by atoms with Gasteiger partial charge in [0.15, 0.2) is 0 Å². The number of piperidine rings is 1. The van der Waals surface area contributed by atoms with Crippen molar-refractivity contribution in [3.05, 3.63) is 28.8 Å². The largest absolute Gasteiger partial charge is 0.399 e. The van der Waals surface area contributed by atoms with Crippen LogP contribution in [0.15, 0.2) is 18.2 Å². The molecule has 2 N–H and O–H groups in total. The van der Waals surface area contributed by atoms with Crippen molar-refractivity contribution < 1.29 is 9.59 Å². The van der Waals surface area contributed by atoms with Gasteiger partial charge in [0.1, 0.15) is 0 Å². The zero-order valence-electron chi connectivity index (χ0n) is 12.3. The van der Waals surface area contributed by atoms with Crippen LogP contribution < -0.4 is 5.73 Å². The number of likely N-dealkylation sites (tertiary alicyclic amines) is 1. The Morgan fingerprint density at radius 2 is 1.90 bits per heavy atom. The number of halogens is 1. The van der Waals surface area contributed by atoms with E-state index in [4.69, 9.17) is 17.3 Å². The van der Waals surface area contributed by atoms with E-state index < -0.39 is 0 Å². The Hall–Kier alpha value is -1.75. The molecule has 1 aliphatic heterocycles. The van der Waals surface area contributed by atoms with Crippen LogP contribution >= 0.6 is 11.6 Å². The van der Waals surface area contributed by atoms with Gasteiger partial charge in [-0.25, -0.2) is 0 Å². The van der Waals surface area contributed by atoms with Crippen LogP contribution in [0.5, 0.6) is 0 Å². The van der Waals surface area contributed by atoms with Crippen molar-refractivity contribution in [1.82, 2.24) is 9.80 Å². The monoisotopic (exact) mass is 309 g/mol. The van der Waals surface area contributed by atoms with Crippen molar-refractivity contribution in [2.75, 3.05) is 32.9 Å². The van der Waals surface area contributed by atoms with Crippen LogP contribution in [0, 0.1) is 5.92 Å². The number of amides is 2. The molecule has 1 saturated heterocycles. The van der Waals surface area contributed by atoms with E-state index in [2.05, 4.69) is 0 Å².